The van der Waals surface area contributed by atoms with E-state index in [9.17, 15) is 14.7 Å². The van der Waals surface area contributed by atoms with Gasteiger partial charge < -0.3 is 14.6 Å². The molecule has 2 aromatic carbocycles. The average molecular weight is 408 g/mol. The maximum absolute atomic E-state index is 13.3. The Bertz CT molecular complexity index is 1010. The Balaban J connectivity index is 2.01. The number of benzene rings is 2. The lowest BCUT2D eigenvalue weighted by Crippen LogP contribution is -2.35. The Kier molecular flexibility index (Phi) is 5.08. The summed E-state index contributed by atoms with van der Waals surface area (Å²) in [6, 6.07) is 9.58. The van der Waals surface area contributed by atoms with E-state index in [4.69, 9.17) is 9.47 Å². The van der Waals surface area contributed by atoms with Crippen LogP contribution < -0.4 is 9.47 Å². The fourth-order valence-electron chi connectivity index (χ4n) is 4.35. The van der Waals surface area contributed by atoms with Crippen LogP contribution in [0, 0.1) is 5.92 Å². The van der Waals surface area contributed by atoms with Crippen LogP contribution in [-0.4, -0.2) is 22.5 Å². The number of ketones is 1. The first-order chi connectivity index (χ1) is 14.2. The van der Waals surface area contributed by atoms with Gasteiger partial charge in [0.2, 0.25) is 0 Å². The van der Waals surface area contributed by atoms with Gasteiger partial charge in [-0.15, -0.1) is 0 Å². The predicted octanol–water partition coefficient (Wildman–Crippen LogP) is 5.17. The summed E-state index contributed by atoms with van der Waals surface area (Å²) in [6.45, 7) is 7.73. The maximum atomic E-state index is 13.3. The van der Waals surface area contributed by atoms with E-state index in [0.717, 1.165) is 12.0 Å². The third-order valence-electron chi connectivity index (χ3n) is 6.31. The van der Waals surface area contributed by atoms with Gasteiger partial charge >= 0.3 is 5.97 Å². The second kappa shape index (κ2) is 7.46. The molecule has 5 nitrogen and oxygen atoms in total. The van der Waals surface area contributed by atoms with Gasteiger partial charge in [-0.25, -0.2) is 0 Å². The predicted molar refractivity (Wildman–Crippen MR) is 113 cm³/mol. The molecule has 2 aliphatic heterocycles. The zero-order valence-electron chi connectivity index (χ0n) is 18.0. The van der Waals surface area contributed by atoms with Crippen LogP contribution in [0.15, 0.2) is 30.3 Å². The highest BCUT2D eigenvalue weighted by Gasteiger charge is 2.42. The zero-order valence-corrected chi connectivity index (χ0v) is 18.0. The minimum absolute atomic E-state index is 0.117. The van der Waals surface area contributed by atoms with Crippen LogP contribution in [0.4, 0.5) is 0 Å². The van der Waals surface area contributed by atoms with Crippen LogP contribution in [-0.2, 0) is 11.2 Å². The minimum atomic E-state index is -0.477. The monoisotopic (exact) mass is 408 g/mol. The van der Waals surface area contributed by atoms with Gasteiger partial charge in [-0.3, -0.25) is 9.59 Å². The molecule has 5 heteroatoms. The molecule has 1 N–H and O–H groups in total. The lowest BCUT2D eigenvalue weighted by atomic mass is 9.79. The molecule has 2 heterocycles. The first-order valence-electron chi connectivity index (χ1n) is 10.6. The Morgan fingerprint density at radius 3 is 2.60 bits per heavy atom. The van der Waals surface area contributed by atoms with E-state index in [1.165, 1.54) is 0 Å². The van der Waals surface area contributed by atoms with Crippen molar-refractivity contribution < 1.29 is 24.2 Å². The van der Waals surface area contributed by atoms with Gasteiger partial charge in [0.1, 0.15) is 28.4 Å². The molecule has 0 amide bonds. The second-order valence-electron chi connectivity index (χ2n) is 8.95. The topological polar surface area (TPSA) is 72.8 Å². The second-order valence-corrected chi connectivity index (χ2v) is 8.95. The van der Waals surface area contributed by atoms with Gasteiger partial charge in [-0.2, -0.15) is 0 Å². The fraction of sp³-hybridized carbons (Fsp3) is 0.440. The van der Waals surface area contributed by atoms with Crippen molar-refractivity contribution in [1.29, 1.82) is 0 Å². The number of esters is 1. The number of carbonyl (C=O) groups excluding carboxylic acids is 2. The molecule has 0 saturated carbocycles. The summed E-state index contributed by atoms with van der Waals surface area (Å²) in [5, 5.41) is 11.4. The van der Waals surface area contributed by atoms with Crippen LogP contribution in [0.5, 0.6) is 17.2 Å². The SMILES string of the molecule is CCC(C)C(=O)c1c(O)c2c(c3c1OC(C)(C)CC3)OC(=O)CC2c1ccccc1. The molecule has 0 saturated heterocycles. The van der Waals surface area contributed by atoms with E-state index in [-0.39, 0.29) is 41.3 Å². The van der Waals surface area contributed by atoms with Crippen LogP contribution >= 0.6 is 0 Å². The summed E-state index contributed by atoms with van der Waals surface area (Å²) in [7, 11) is 0. The van der Waals surface area contributed by atoms with Crippen molar-refractivity contribution in [2.24, 2.45) is 5.92 Å². The summed E-state index contributed by atoms with van der Waals surface area (Å²) >= 11 is 0. The normalized spacial score (nSPS) is 20.4. The summed E-state index contributed by atoms with van der Waals surface area (Å²) in [5.41, 5.74) is 1.89. The summed E-state index contributed by atoms with van der Waals surface area (Å²) < 4.78 is 11.9. The highest BCUT2D eigenvalue weighted by Crippen LogP contribution is 2.54. The third kappa shape index (κ3) is 3.36. The molecule has 0 bridgehead atoms. The van der Waals surface area contributed by atoms with Crippen LogP contribution in [0.3, 0.4) is 0 Å². The average Bonchev–Trinajstić information content (AvgIpc) is 2.72. The Morgan fingerprint density at radius 1 is 1.23 bits per heavy atom. The quantitative estimate of drug-likeness (QED) is 0.429. The van der Waals surface area contributed by atoms with Gasteiger partial charge in [-0.1, -0.05) is 44.2 Å². The Hall–Kier alpha value is -2.82. The number of Topliss-reactive ketones (excluding diaryl/α,β-unsaturated/α-hetero) is 1. The molecule has 0 fully saturated rings. The fourth-order valence-corrected chi connectivity index (χ4v) is 4.35. The summed E-state index contributed by atoms with van der Waals surface area (Å²) in [6.07, 6.45) is 2.11. The smallest absolute Gasteiger partial charge is 0.312 e. The number of aromatic hydroxyl groups is 1. The lowest BCUT2D eigenvalue weighted by molar-refractivity contribution is -0.135. The zero-order chi connectivity index (χ0) is 21.6. The number of hydrogen-bond acceptors (Lipinski definition) is 5. The van der Waals surface area contributed by atoms with Crippen LogP contribution in [0.25, 0.3) is 0 Å². The molecule has 0 spiro atoms. The number of fused-ring (bicyclic) bond motifs is 3. The number of hydrogen-bond donors (Lipinski definition) is 1. The number of rotatable bonds is 4. The van der Waals surface area contributed by atoms with Crippen LogP contribution in [0.1, 0.15) is 79.9 Å². The molecule has 2 aliphatic rings. The molecule has 30 heavy (non-hydrogen) atoms. The van der Waals surface area contributed by atoms with Crippen LogP contribution in [0.2, 0.25) is 0 Å². The first kappa shape index (κ1) is 20.5. The van der Waals surface area contributed by atoms with Crippen molar-refractivity contribution in [1.82, 2.24) is 0 Å². The van der Waals surface area contributed by atoms with E-state index >= 15 is 0 Å². The molecule has 0 aromatic heterocycles. The molecule has 158 valence electrons. The maximum Gasteiger partial charge on any atom is 0.312 e. The van der Waals surface area contributed by atoms with Crippen molar-refractivity contribution in [3.63, 3.8) is 0 Å². The van der Waals surface area contributed by atoms with Crippen molar-refractivity contribution in [2.75, 3.05) is 0 Å². The molecular weight excluding hydrogens is 380 g/mol. The number of carbonyl (C=O) groups is 2. The van der Waals surface area contributed by atoms with Gasteiger partial charge in [0.05, 0.1) is 6.42 Å². The Morgan fingerprint density at radius 2 is 1.93 bits per heavy atom. The lowest BCUT2D eigenvalue weighted by Gasteiger charge is -2.37. The standard InChI is InChI=1S/C25H28O5/c1-5-14(2)21(27)20-22(28)19-17(15-9-7-6-8-10-15)13-18(26)29-23(19)16-11-12-25(3,4)30-24(16)20/h6-10,14,17,28H,5,11-13H2,1-4H3. The van der Waals surface area contributed by atoms with Crippen molar-refractivity contribution >= 4 is 11.8 Å². The van der Waals surface area contributed by atoms with Gasteiger partial charge in [0, 0.05) is 23.0 Å². The molecule has 2 atom stereocenters. The van der Waals surface area contributed by atoms with E-state index in [1.807, 2.05) is 58.0 Å². The molecular formula is C25H28O5. The van der Waals surface area contributed by atoms with Crippen molar-refractivity contribution in [2.45, 2.75) is 64.9 Å². The molecule has 2 aromatic rings. The third-order valence-corrected chi connectivity index (χ3v) is 6.31. The van der Waals surface area contributed by atoms with E-state index < -0.39 is 5.60 Å². The molecule has 2 unspecified atom stereocenters. The highest BCUT2D eigenvalue weighted by molar-refractivity contribution is 6.04. The molecule has 0 radical (unpaired) electrons. The van der Waals surface area contributed by atoms with E-state index in [2.05, 4.69) is 0 Å². The van der Waals surface area contributed by atoms with Gasteiger partial charge in [0.15, 0.2) is 5.78 Å². The number of phenolic OH excluding ortho intramolecular Hbond substituents is 1. The highest BCUT2D eigenvalue weighted by atomic mass is 16.5. The van der Waals surface area contributed by atoms with Gasteiger partial charge in [-0.05, 0) is 38.7 Å². The number of phenols is 1. The van der Waals surface area contributed by atoms with Crippen molar-refractivity contribution in [3.8, 4) is 17.2 Å². The van der Waals surface area contributed by atoms with Crippen molar-refractivity contribution in [3.05, 3.63) is 52.6 Å². The van der Waals surface area contributed by atoms with E-state index in [1.54, 1.807) is 0 Å². The Labute approximate surface area is 177 Å². The number of ether oxygens (including phenoxy) is 2. The molecule has 0 aliphatic carbocycles. The minimum Gasteiger partial charge on any atom is -0.507 e. The summed E-state index contributed by atoms with van der Waals surface area (Å²) in [5.74, 6) is -0.496. The largest absolute Gasteiger partial charge is 0.507 e. The summed E-state index contributed by atoms with van der Waals surface area (Å²) in [4.78, 5) is 25.8. The first-order valence-corrected chi connectivity index (χ1v) is 10.6. The van der Waals surface area contributed by atoms with Gasteiger partial charge in [0.25, 0.3) is 0 Å². The molecule has 4 rings (SSSR count). The van der Waals surface area contributed by atoms with E-state index in [0.29, 0.717) is 35.5 Å².